The van der Waals surface area contributed by atoms with Crippen molar-refractivity contribution in [2.24, 2.45) is 0 Å². The third-order valence-corrected chi connectivity index (χ3v) is 6.18. The molecule has 2 N–H and O–H groups in total. The number of thiazole rings is 1. The summed E-state index contributed by atoms with van der Waals surface area (Å²) in [6.07, 6.45) is 1.31. The number of methoxy groups -OCH3 is 1. The monoisotopic (exact) mass is 455 g/mol. The number of nitrogens with one attached hydrogen (secondary N) is 2. The lowest BCUT2D eigenvalue weighted by Gasteiger charge is -2.37. The van der Waals surface area contributed by atoms with Crippen LogP contribution in [0.1, 0.15) is 42.3 Å². The molecule has 0 bridgehead atoms. The number of esters is 1. The second-order valence-corrected chi connectivity index (χ2v) is 8.09. The standard InChI is InChI=1S/C19H26ClN5O4S/c1-4-12-16(20)24-17(22-12)18(27)23-13-6-7-25(9-14(13)28-3)19-21-11(10-30-19)8-15(26)29-5-2/h10,13-14H,4-9H2,1-3H3,(H,22,24)(H,23,27)/t13-,14+/m0/s1. The summed E-state index contributed by atoms with van der Waals surface area (Å²) in [5, 5.41) is 6.01. The largest absolute Gasteiger partial charge is 0.466 e. The molecule has 1 fully saturated rings. The third-order valence-electron chi connectivity index (χ3n) is 4.92. The third kappa shape index (κ3) is 5.30. The molecule has 1 amide bonds. The first kappa shape index (κ1) is 22.5. The van der Waals surface area contributed by atoms with Gasteiger partial charge in [-0.2, -0.15) is 0 Å². The van der Waals surface area contributed by atoms with Crippen LogP contribution in [0.4, 0.5) is 5.13 Å². The zero-order valence-electron chi connectivity index (χ0n) is 17.2. The van der Waals surface area contributed by atoms with Gasteiger partial charge in [-0.15, -0.1) is 11.3 Å². The van der Waals surface area contributed by atoms with Crippen LogP contribution in [0.25, 0.3) is 0 Å². The molecule has 3 rings (SSSR count). The van der Waals surface area contributed by atoms with Crippen molar-refractivity contribution >= 4 is 39.9 Å². The molecule has 3 heterocycles. The fourth-order valence-corrected chi connectivity index (χ4v) is 4.47. The van der Waals surface area contributed by atoms with Crippen LogP contribution in [0.2, 0.25) is 5.15 Å². The summed E-state index contributed by atoms with van der Waals surface area (Å²) in [5.41, 5.74) is 1.43. The number of piperidine rings is 1. The summed E-state index contributed by atoms with van der Waals surface area (Å²) in [5.74, 6) is -0.379. The number of H-pyrrole nitrogens is 1. The van der Waals surface area contributed by atoms with Crippen molar-refractivity contribution in [2.45, 2.75) is 45.3 Å². The molecular weight excluding hydrogens is 430 g/mol. The number of aromatic amines is 1. The second-order valence-electron chi connectivity index (χ2n) is 6.90. The molecule has 164 valence electrons. The number of carbonyl (C=O) groups excluding carboxylic acids is 2. The Morgan fingerprint density at radius 1 is 1.40 bits per heavy atom. The quantitative estimate of drug-likeness (QED) is 0.587. The summed E-state index contributed by atoms with van der Waals surface area (Å²) < 4.78 is 10.6. The van der Waals surface area contributed by atoms with E-state index >= 15 is 0 Å². The van der Waals surface area contributed by atoms with Crippen molar-refractivity contribution in [1.29, 1.82) is 0 Å². The van der Waals surface area contributed by atoms with Crippen LogP contribution in [-0.4, -0.2) is 65.8 Å². The molecule has 1 saturated heterocycles. The molecule has 0 aromatic carbocycles. The molecule has 0 saturated carbocycles. The van der Waals surface area contributed by atoms with Crippen molar-refractivity contribution in [3.63, 3.8) is 0 Å². The molecular formula is C19H26ClN5O4S. The molecule has 1 aliphatic heterocycles. The Bertz CT molecular complexity index is 886. The summed E-state index contributed by atoms with van der Waals surface area (Å²) in [7, 11) is 1.63. The van der Waals surface area contributed by atoms with Crippen LogP contribution in [0.3, 0.4) is 0 Å². The Morgan fingerprint density at radius 3 is 2.87 bits per heavy atom. The molecule has 0 aliphatic carbocycles. The highest BCUT2D eigenvalue weighted by Gasteiger charge is 2.32. The van der Waals surface area contributed by atoms with Gasteiger partial charge in [-0.3, -0.25) is 9.59 Å². The van der Waals surface area contributed by atoms with Crippen LogP contribution >= 0.6 is 22.9 Å². The fraction of sp³-hybridized carbons (Fsp3) is 0.579. The maximum atomic E-state index is 12.6. The summed E-state index contributed by atoms with van der Waals surface area (Å²) in [4.78, 5) is 38.0. The number of hydrogen-bond donors (Lipinski definition) is 2. The molecule has 9 nitrogen and oxygen atoms in total. The molecule has 2 atom stereocenters. The van der Waals surface area contributed by atoms with Crippen LogP contribution in [-0.2, 0) is 27.1 Å². The van der Waals surface area contributed by atoms with Gasteiger partial charge in [0.1, 0.15) is 0 Å². The average Bonchev–Trinajstić information content (AvgIpc) is 3.34. The van der Waals surface area contributed by atoms with Crippen LogP contribution in [0.15, 0.2) is 5.38 Å². The van der Waals surface area contributed by atoms with Crippen LogP contribution in [0.5, 0.6) is 0 Å². The average molecular weight is 456 g/mol. The lowest BCUT2D eigenvalue weighted by atomic mass is 10.0. The van der Waals surface area contributed by atoms with E-state index in [2.05, 4.69) is 25.2 Å². The molecule has 2 aromatic heterocycles. The second kappa shape index (κ2) is 10.2. The van der Waals surface area contributed by atoms with Crippen LogP contribution < -0.4 is 10.2 Å². The van der Waals surface area contributed by atoms with E-state index in [4.69, 9.17) is 21.1 Å². The zero-order chi connectivity index (χ0) is 21.7. The number of nitrogens with zero attached hydrogens (tertiary/aromatic N) is 3. The topological polar surface area (TPSA) is 109 Å². The summed E-state index contributed by atoms with van der Waals surface area (Å²) in [6.45, 7) is 5.35. The minimum atomic E-state index is -0.303. The van der Waals surface area contributed by atoms with Gasteiger partial charge in [0.25, 0.3) is 5.91 Å². The Morgan fingerprint density at radius 2 is 2.20 bits per heavy atom. The lowest BCUT2D eigenvalue weighted by Crippen LogP contribution is -2.55. The number of carbonyl (C=O) groups is 2. The van der Waals surface area contributed by atoms with Gasteiger partial charge in [0.2, 0.25) is 0 Å². The molecule has 30 heavy (non-hydrogen) atoms. The smallest absolute Gasteiger partial charge is 0.311 e. The maximum absolute atomic E-state index is 12.6. The van der Waals surface area contributed by atoms with E-state index in [0.717, 1.165) is 10.8 Å². The van der Waals surface area contributed by atoms with Gasteiger partial charge in [0.15, 0.2) is 16.1 Å². The molecule has 1 aliphatic rings. The molecule has 0 radical (unpaired) electrons. The summed E-state index contributed by atoms with van der Waals surface area (Å²) in [6, 6.07) is -0.160. The van der Waals surface area contributed by atoms with Crippen molar-refractivity contribution in [3.05, 3.63) is 27.7 Å². The van der Waals surface area contributed by atoms with Crippen molar-refractivity contribution in [1.82, 2.24) is 20.3 Å². The number of halogens is 1. The first-order chi connectivity index (χ1) is 14.4. The highest BCUT2D eigenvalue weighted by molar-refractivity contribution is 7.13. The normalized spacial score (nSPS) is 19.0. The first-order valence-corrected chi connectivity index (χ1v) is 11.1. The van der Waals surface area contributed by atoms with Gasteiger partial charge in [0.05, 0.1) is 36.6 Å². The number of anilines is 1. The van der Waals surface area contributed by atoms with E-state index in [1.54, 1.807) is 14.0 Å². The highest BCUT2D eigenvalue weighted by atomic mass is 35.5. The predicted octanol–water partition coefficient (Wildman–Crippen LogP) is 2.21. The van der Waals surface area contributed by atoms with E-state index in [0.29, 0.717) is 43.4 Å². The van der Waals surface area contributed by atoms with E-state index in [1.165, 1.54) is 11.3 Å². The number of ether oxygens (including phenoxy) is 2. The minimum Gasteiger partial charge on any atom is -0.466 e. The lowest BCUT2D eigenvalue weighted by molar-refractivity contribution is -0.142. The van der Waals surface area contributed by atoms with Gasteiger partial charge in [-0.05, 0) is 19.8 Å². The number of amides is 1. The number of hydrogen-bond acceptors (Lipinski definition) is 8. The number of imidazole rings is 1. The predicted molar refractivity (Wildman–Crippen MR) is 114 cm³/mol. The van der Waals surface area contributed by atoms with E-state index in [1.807, 2.05) is 12.3 Å². The maximum Gasteiger partial charge on any atom is 0.311 e. The number of aromatic nitrogens is 3. The first-order valence-electron chi connectivity index (χ1n) is 9.88. The minimum absolute atomic E-state index is 0.160. The molecule has 11 heteroatoms. The van der Waals surface area contributed by atoms with Gasteiger partial charge in [0, 0.05) is 25.6 Å². The van der Waals surface area contributed by atoms with Crippen molar-refractivity contribution < 1.29 is 19.1 Å². The Kier molecular flexibility index (Phi) is 7.68. The van der Waals surface area contributed by atoms with Crippen LogP contribution in [0, 0.1) is 0 Å². The molecule has 2 aromatic rings. The van der Waals surface area contributed by atoms with Crippen molar-refractivity contribution in [2.75, 3.05) is 31.7 Å². The van der Waals surface area contributed by atoms with Gasteiger partial charge in [-0.25, -0.2) is 9.97 Å². The van der Waals surface area contributed by atoms with Crippen molar-refractivity contribution in [3.8, 4) is 0 Å². The Labute approximate surface area is 184 Å². The van der Waals surface area contributed by atoms with Gasteiger partial charge < -0.3 is 24.7 Å². The highest BCUT2D eigenvalue weighted by Crippen LogP contribution is 2.26. The van der Waals surface area contributed by atoms with E-state index in [9.17, 15) is 9.59 Å². The number of rotatable bonds is 8. The fourth-order valence-electron chi connectivity index (χ4n) is 3.34. The summed E-state index contributed by atoms with van der Waals surface area (Å²) >= 11 is 7.52. The Hall–Kier alpha value is -2.17. The Balaban J connectivity index is 1.60. The van der Waals surface area contributed by atoms with E-state index < -0.39 is 0 Å². The molecule has 0 unspecified atom stereocenters. The zero-order valence-corrected chi connectivity index (χ0v) is 18.8. The SMILES string of the molecule is CCOC(=O)Cc1csc(N2CC[C@H](NC(=O)c3nc(Cl)c(CC)[nH]3)[C@H](OC)C2)n1. The molecule has 0 spiro atoms. The number of aryl methyl sites for hydroxylation is 1. The van der Waals surface area contributed by atoms with Gasteiger partial charge in [-0.1, -0.05) is 18.5 Å². The van der Waals surface area contributed by atoms with Gasteiger partial charge >= 0.3 is 5.97 Å². The van der Waals surface area contributed by atoms with E-state index in [-0.39, 0.29) is 36.3 Å².